The summed E-state index contributed by atoms with van der Waals surface area (Å²) in [6, 6.07) is 1.71. The molecule has 2 atom stereocenters. The van der Waals surface area contributed by atoms with E-state index in [1.807, 2.05) is 0 Å². The number of benzene rings is 1. The second kappa shape index (κ2) is 6.32. The number of carbonyl (C=O) groups is 1. The first-order valence-electron chi connectivity index (χ1n) is 6.62. The van der Waals surface area contributed by atoms with E-state index in [4.69, 9.17) is 11.6 Å². The Morgan fingerprint density at radius 3 is 2.65 bits per heavy atom. The summed E-state index contributed by atoms with van der Waals surface area (Å²) < 4.78 is 38.0. The van der Waals surface area contributed by atoms with Crippen molar-refractivity contribution in [3.05, 3.63) is 38.9 Å². The normalized spacial score (nSPS) is 19.7. The highest BCUT2D eigenvalue weighted by atomic mass is 35.5. The lowest BCUT2D eigenvalue weighted by molar-refractivity contribution is -0.384. The number of hydrogen-bond acceptors (Lipinski definition) is 4. The second-order valence-electron chi connectivity index (χ2n) is 5.12. The average molecular weight is 353 g/mol. The molecule has 1 N–H and O–H groups in total. The van der Waals surface area contributed by atoms with Crippen LogP contribution in [0.2, 0.25) is 5.02 Å². The molecule has 1 aliphatic rings. The monoisotopic (exact) mass is 352 g/mol. The minimum absolute atomic E-state index is 0.0109. The number of aliphatic hydroxyl groups excluding tert-OH is 1. The van der Waals surface area contributed by atoms with Crippen LogP contribution in [-0.4, -0.2) is 45.7 Å². The second-order valence-corrected chi connectivity index (χ2v) is 5.52. The zero-order valence-corrected chi connectivity index (χ0v) is 12.3. The number of nitro benzene ring substituents is 1. The third kappa shape index (κ3) is 3.56. The lowest BCUT2D eigenvalue weighted by atomic mass is 10.1. The van der Waals surface area contributed by atoms with Crippen LogP contribution in [0.5, 0.6) is 0 Å². The molecule has 1 heterocycles. The number of alkyl halides is 3. The smallest absolute Gasteiger partial charge is 0.382 e. The van der Waals surface area contributed by atoms with Crippen molar-refractivity contribution in [2.45, 2.75) is 31.2 Å². The van der Waals surface area contributed by atoms with Gasteiger partial charge in [-0.2, -0.15) is 13.2 Å². The first-order chi connectivity index (χ1) is 10.6. The molecular weight excluding hydrogens is 341 g/mol. The SMILES string of the molecule is O=C(c1ccc([N+](=O)[O-])cc1Cl)N1CCC[C@@H]1[C@@H](O)C(F)(F)F. The van der Waals surface area contributed by atoms with E-state index >= 15 is 0 Å². The molecule has 0 radical (unpaired) electrons. The number of halogens is 4. The molecule has 2 rings (SSSR count). The Bertz CT molecular complexity index is 638. The maximum Gasteiger partial charge on any atom is 0.416 e. The zero-order chi connectivity index (χ0) is 17.4. The van der Waals surface area contributed by atoms with Crippen molar-refractivity contribution in [1.82, 2.24) is 4.90 Å². The van der Waals surface area contributed by atoms with Gasteiger partial charge in [0.2, 0.25) is 0 Å². The Morgan fingerprint density at radius 1 is 1.48 bits per heavy atom. The molecule has 0 aromatic heterocycles. The van der Waals surface area contributed by atoms with Crippen LogP contribution < -0.4 is 0 Å². The Morgan fingerprint density at radius 2 is 2.13 bits per heavy atom. The molecule has 0 unspecified atom stereocenters. The van der Waals surface area contributed by atoms with Crippen LogP contribution in [0.3, 0.4) is 0 Å². The molecule has 6 nitrogen and oxygen atoms in total. The van der Waals surface area contributed by atoms with Gasteiger partial charge < -0.3 is 10.0 Å². The molecule has 1 amide bonds. The topological polar surface area (TPSA) is 83.7 Å². The van der Waals surface area contributed by atoms with E-state index < -0.39 is 29.2 Å². The van der Waals surface area contributed by atoms with Crippen LogP contribution in [0.15, 0.2) is 18.2 Å². The van der Waals surface area contributed by atoms with E-state index in [2.05, 4.69) is 0 Å². The van der Waals surface area contributed by atoms with Crippen LogP contribution in [-0.2, 0) is 0 Å². The highest BCUT2D eigenvalue weighted by molar-refractivity contribution is 6.34. The van der Waals surface area contributed by atoms with Crippen LogP contribution >= 0.6 is 11.6 Å². The number of nitro groups is 1. The number of rotatable bonds is 3. The quantitative estimate of drug-likeness (QED) is 0.669. The summed E-state index contributed by atoms with van der Waals surface area (Å²) in [5, 5.41) is 19.8. The van der Waals surface area contributed by atoms with Gasteiger partial charge in [-0.25, -0.2) is 0 Å². The van der Waals surface area contributed by atoms with Crippen LogP contribution in [0.4, 0.5) is 18.9 Å². The van der Waals surface area contributed by atoms with E-state index in [0.717, 1.165) is 23.1 Å². The Balaban J connectivity index is 2.27. The lowest BCUT2D eigenvalue weighted by Gasteiger charge is -2.30. The van der Waals surface area contributed by atoms with E-state index in [0.29, 0.717) is 6.42 Å². The largest absolute Gasteiger partial charge is 0.416 e. The lowest BCUT2D eigenvalue weighted by Crippen LogP contribution is -2.49. The summed E-state index contributed by atoms with van der Waals surface area (Å²) in [7, 11) is 0. The molecule has 1 saturated heterocycles. The summed E-state index contributed by atoms with van der Waals surface area (Å²) in [6.45, 7) is 0.0456. The standard InChI is InChI=1S/C13H12ClF3N2O4/c14-9-6-7(19(22)23)3-4-8(9)12(21)18-5-1-2-10(18)11(20)13(15,16)17/h3-4,6,10-11,20H,1-2,5H2/t10-,11-/m1/s1. The number of amides is 1. The molecule has 23 heavy (non-hydrogen) atoms. The van der Waals surface area contributed by atoms with Crippen molar-refractivity contribution in [3.8, 4) is 0 Å². The van der Waals surface area contributed by atoms with E-state index in [9.17, 15) is 33.2 Å². The van der Waals surface area contributed by atoms with E-state index in [-0.39, 0.29) is 29.2 Å². The Labute approximate surface area is 133 Å². The third-order valence-corrected chi connectivity index (χ3v) is 3.97. The Kier molecular flexibility index (Phi) is 4.81. The molecule has 0 aliphatic carbocycles. The molecular formula is C13H12ClF3N2O4. The molecule has 1 aromatic carbocycles. The van der Waals surface area contributed by atoms with Gasteiger partial charge in [0.15, 0.2) is 6.10 Å². The first-order valence-corrected chi connectivity index (χ1v) is 7.00. The number of nitrogens with zero attached hydrogens (tertiary/aromatic N) is 2. The van der Waals surface area contributed by atoms with Gasteiger partial charge >= 0.3 is 6.18 Å². The fraction of sp³-hybridized carbons (Fsp3) is 0.462. The fourth-order valence-electron chi connectivity index (χ4n) is 2.54. The van der Waals surface area contributed by atoms with Crippen molar-refractivity contribution in [2.75, 3.05) is 6.54 Å². The van der Waals surface area contributed by atoms with Gasteiger partial charge in [0.1, 0.15) is 0 Å². The predicted octanol–water partition coefficient (Wildman–Crippen LogP) is 2.78. The highest BCUT2D eigenvalue weighted by Crippen LogP contribution is 2.33. The fourth-order valence-corrected chi connectivity index (χ4v) is 2.79. The predicted molar refractivity (Wildman–Crippen MR) is 74.2 cm³/mol. The molecule has 126 valence electrons. The van der Waals surface area contributed by atoms with Crippen molar-refractivity contribution in [1.29, 1.82) is 0 Å². The molecule has 1 aromatic rings. The third-order valence-electron chi connectivity index (χ3n) is 3.65. The molecule has 0 spiro atoms. The molecule has 0 bridgehead atoms. The minimum atomic E-state index is -4.84. The average Bonchev–Trinajstić information content (AvgIpc) is 2.93. The summed E-state index contributed by atoms with van der Waals surface area (Å²) in [6.07, 6.45) is -7.16. The summed E-state index contributed by atoms with van der Waals surface area (Å²) in [5.74, 6) is -0.796. The summed E-state index contributed by atoms with van der Waals surface area (Å²) >= 11 is 5.83. The van der Waals surface area contributed by atoms with Crippen LogP contribution in [0.1, 0.15) is 23.2 Å². The molecule has 1 aliphatic heterocycles. The van der Waals surface area contributed by atoms with Gasteiger partial charge in [0.05, 0.1) is 21.6 Å². The summed E-state index contributed by atoms with van der Waals surface area (Å²) in [4.78, 5) is 23.2. The van der Waals surface area contributed by atoms with Crippen LogP contribution in [0.25, 0.3) is 0 Å². The minimum Gasteiger partial charge on any atom is -0.382 e. The van der Waals surface area contributed by atoms with Gasteiger partial charge in [0.25, 0.3) is 11.6 Å². The molecule has 10 heteroatoms. The number of carbonyl (C=O) groups excluding carboxylic acids is 1. The number of hydrogen-bond donors (Lipinski definition) is 1. The number of non-ortho nitro benzene ring substituents is 1. The van der Waals surface area contributed by atoms with Crippen molar-refractivity contribution >= 4 is 23.2 Å². The van der Waals surface area contributed by atoms with Crippen LogP contribution in [0, 0.1) is 10.1 Å². The summed E-state index contributed by atoms with van der Waals surface area (Å²) in [5.41, 5.74) is -0.474. The van der Waals surface area contributed by atoms with Gasteiger partial charge in [-0.3, -0.25) is 14.9 Å². The van der Waals surface area contributed by atoms with E-state index in [1.54, 1.807) is 0 Å². The van der Waals surface area contributed by atoms with Crippen molar-refractivity contribution in [2.24, 2.45) is 0 Å². The Hall–Kier alpha value is -1.87. The van der Waals surface area contributed by atoms with Gasteiger partial charge in [0, 0.05) is 18.7 Å². The van der Waals surface area contributed by atoms with E-state index in [1.165, 1.54) is 0 Å². The maximum absolute atomic E-state index is 12.7. The number of aliphatic hydroxyl groups is 1. The van der Waals surface area contributed by atoms with Gasteiger partial charge in [-0.05, 0) is 18.9 Å². The zero-order valence-electron chi connectivity index (χ0n) is 11.6. The molecule has 0 saturated carbocycles. The van der Waals surface area contributed by atoms with Crippen molar-refractivity contribution < 1.29 is 28.0 Å². The molecule has 1 fully saturated rings. The maximum atomic E-state index is 12.7. The number of likely N-dealkylation sites (tertiary alicyclic amines) is 1. The van der Waals surface area contributed by atoms with Crippen molar-refractivity contribution in [3.63, 3.8) is 0 Å². The van der Waals surface area contributed by atoms with Gasteiger partial charge in [-0.15, -0.1) is 0 Å². The highest BCUT2D eigenvalue weighted by Gasteiger charge is 2.48. The first kappa shape index (κ1) is 17.5. The van der Waals surface area contributed by atoms with Gasteiger partial charge in [-0.1, -0.05) is 11.6 Å².